The normalized spacial score (nSPS) is 12.0. The first kappa shape index (κ1) is 27.5. The standard InChI is InChI=1S/C42H25N5O/c1-24-20-26(30-18-19-33-40-31(30)8-7-9-32(40)41-42(33)46-35(23-44)34(22-43)45-41)14-16-28(24)29-17-15-27(21-25(29)2)47-36-10-3-5-12-38(36)48-39-13-6-4-11-37(39)47/h3-21H,1-2H3. The molecule has 1 aliphatic carbocycles. The van der Waals surface area contributed by atoms with Crippen molar-refractivity contribution in [3.63, 3.8) is 0 Å². The van der Waals surface area contributed by atoms with E-state index in [0.717, 1.165) is 61.6 Å². The second kappa shape index (κ2) is 10.4. The van der Waals surface area contributed by atoms with Gasteiger partial charge in [-0.2, -0.15) is 10.5 Å². The fraction of sp³-hybridized carbons (Fsp3) is 0.0476. The fourth-order valence-corrected chi connectivity index (χ4v) is 7.23. The Hall–Kier alpha value is -6.76. The lowest BCUT2D eigenvalue weighted by Gasteiger charge is -2.33. The molecule has 0 radical (unpaired) electrons. The molecule has 0 amide bonds. The maximum Gasteiger partial charge on any atom is 0.177 e. The molecule has 1 aliphatic heterocycles. The van der Waals surface area contributed by atoms with Crippen molar-refractivity contribution in [2.24, 2.45) is 0 Å². The molecule has 0 saturated carbocycles. The van der Waals surface area contributed by atoms with E-state index >= 15 is 0 Å². The summed E-state index contributed by atoms with van der Waals surface area (Å²) in [6.45, 7) is 4.33. The predicted molar refractivity (Wildman–Crippen MR) is 189 cm³/mol. The summed E-state index contributed by atoms with van der Waals surface area (Å²) < 4.78 is 6.22. The second-order valence-electron chi connectivity index (χ2n) is 12.1. The van der Waals surface area contributed by atoms with Gasteiger partial charge in [0.05, 0.1) is 22.8 Å². The van der Waals surface area contributed by atoms with Crippen LogP contribution in [0.1, 0.15) is 22.5 Å². The maximum absolute atomic E-state index is 9.57. The highest BCUT2D eigenvalue weighted by atomic mass is 16.5. The van der Waals surface area contributed by atoms with Crippen molar-refractivity contribution in [1.29, 1.82) is 10.5 Å². The topological polar surface area (TPSA) is 85.8 Å². The highest BCUT2D eigenvalue weighted by molar-refractivity contribution is 6.17. The summed E-state index contributed by atoms with van der Waals surface area (Å²) >= 11 is 0. The van der Waals surface area contributed by atoms with Gasteiger partial charge in [-0.05, 0) is 89.0 Å². The van der Waals surface area contributed by atoms with E-state index in [1.54, 1.807) is 0 Å². The summed E-state index contributed by atoms with van der Waals surface area (Å²) in [5.74, 6) is 1.67. The van der Waals surface area contributed by atoms with E-state index in [4.69, 9.17) is 4.74 Å². The van der Waals surface area contributed by atoms with Crippen LogP contribution in [0.2, 0.25) is 0 Å². The van der Waals surface area contributed by atoms with Crippen LogP contribution in [0.25, 0.3) is 55.5 Å². The quantitative estimate of drug-likeness (QED) is 0.197. The van der Waals surface area contributed by atoms with Gasteiger partial charge in [-0.1, -0.05) is 78.9 Å². The molecule has 0 spiro atoms. The summed E-state index contributed by atoms with van der Waals surface area (Å²) in [5, 5.41) is 21.3. The lowest BCUT2D eigenvalue weighted by atomic mass is 9.90. The SMILES string of the molecule is Cc1cc(-c2ccc3c4c(cccc24)-c2nc(C#N)c(C#N)nc2-3)ccc1-c1ccc(N2c3ccccc3Oc3ccccc32)cc1C. The molecule has 48 heavy (non-hydrogen) atoms. The number of rotatable bonds is 3. The first-order valence-electron chi connectivity index (χ1n) is 15.7. The minimum Gasteiger partial charge on any atom is -0.453 e. The molecule has 9 rings (SSSR count). The van der Waals surface area contributed by atoms with Crippen molar-refractivity contribution in [3.8, 4) is 68.4 Å². The van der Waals surface area contributed by atoms with E-state index in [-0.39, 0.29) is 11.4 Å². The molecule has 6 aromatic carbocycles. The highest BCUT2D eigenvalue weighted by Gasteiger charge is 2.28. The summed E-state index contributed by atoms with van der Waals surface area (Å²) in [7, 11) is 0. The summed E-state index contributed by atoms with van der Waals surface area (Å²) in [6, 6.07) is 44.0. The smallest absolute Gasteiger partial charge is 0.177 e. The Labute approximate surface area is 277 Å². The van der Waals surface area contributed by atoms with E-state index in [1.165, 1.54) is 22.3 Å². The number of aryl methyl sites for hydroxylation is 2. The van der Waals surface area contributed by atoms with Gasteiger partial charge in [0.1, 0.15) is 12.1 Å². The Morgan fingerprint density at radius 2 is 1.12 bits per heavy atom. The average Bonchev–Trinajstić information content (AvgIpc) is 3.43. The third-order valence-corrected chi connectivity index (χ3v) is 9.39. The zero-order chi connectivity index (χ0) is 32.5. The van der Waals surface area contributed by atoms with Crippen molar-refractivity contribution in [2.45, 2.75) is 13.8 Å². The van der Waals surface area contributed by atoms with Gasteiger partial charge in [0.2, 0.25) is 0 Å². The molecule has 0 atom stereocenters. The molecule has 2 heterocycles. The lowest BCUT2D eigenvalue weighted by molar-refractivity contribution is 0.477. The molecular formula is C42H25N5O. The molecule has 6 heteroatoms. The number of para-hydroxylation sites is 4. The molecule has 0 bridgehead atoms. The molecule has 0 fully saturated rings. The van der Waals surface area contributed by atoms with Crippen LogP contribution >= 0.6 is 0 Å². The molecule has 6 nitrogen and oxygen atoms in total. The molecule has 1 aromatic heterocycles. The number of benzene rings is 6. The Morgan fingerprint density at radius 1 is 0.562 bits per heavy atom. The summed E-state index contributed by atoms with van der Waals surface area (Å²) in [6.07, 6.45) is 0. The van der Waals surface area contributed by atoms with Gasteiger partial charge in [0.15, 0.2) is 22.9 Å². The zero-order valence-electron chi connectivity index (χ0n) is 26.1. The predicted octanol–water partition coefficient (Wildman–Crippen LogP) is 10.5. The third kappa shape index (κ3) is 3.97. The van der Waals surface area contributed by atoms with Crippen LogP contribution in [0.3, 0.4) is 0 Å². The van der Waals surface area contributed by atoms with E-state index in [9.17, 15) is 10.5 Å². The van der Waals surface area contributed by atoms with Crippen LogP contribution < -0.4 is 9.64 Å². The van der Waals surface area contributed by atoms with Crippen LogP contribution in [-0.4, -0.2) is 9.97 Å². The van der Waals surface area contributed by atoms with Crippen LogP contribution in [0, 0.1) is 36.5 Å². The molecule has 7 aromatic rings. The third-order valence-electron chi connectivity index (χ3n) is 9.39. The van der Waals surface area contributed by atoms with Gasteiger partial charge in [0, 0.05) is 22.2 Å². The van der Waals surface area contributed by atoms with Gasteiger partial charge in [0.25, 0.3) is 0 Å². The number of nitrogens with zero attached hydrogens (tertiary/aromatic N) is 5. The van der Waals surface area contributed by atoms with Crippen molar-refractivity contribution in [3.05, 3.63) is 138 Å². The highest BCUT2D eigenvalue weighted by Crippen LogP contribution is 2.51. The average molecular weight is 616 g/mol. The fourth-order valence-electron chi connectivity index (χ4n) is 7.23. The van der Waals surface area contributed by atoms with E-state index in [1.807, 2.05) is 60.7 Å². The summed E-state index contributed by atoms with van der Waals surface area (Å²) in [4.78, 5) is 11.4. The van der Waals surface area contributed by atoms with Gasteiger partial charge < -0.3 is 9.64 Å². The van der Waals surface area contributed by atoms with Crippen LogP contribution in [0.5, 0.6) is 11.5 Å². The molecule has 224 valence electrons. The van der Waals surface area contributed by atoms with Crippen LogP contribution in [0.15, 0.2) is 115 Å². The minimum atomic E-state index is 0.0513. The van der Waals surface area contributed by atoms with Crippen LogP contribution in [0.4, 0.5) is 17.1 Å². The van der Waals surface area contributed by atoms with Crippen LogP contribution in [-0.2, 0) is 0 Å². The Bertz CT molecular complexity index is 2520. The second-order valence-corrected chi connectivity index (χ2v) is 12.1. The first-order valence-corrected chi connectivity index (χ1v) is 15.7. The Kier molecular flexibility index (Phi) is 5.96. The summed E-state index contributed by atoms with van der Waals surface area (Å²) in [5.41, 5.74) is 13.3. The molecule has 0 unspecified atom stereocenters. The van der Waals surface area contributed by atoms with Gasteiger partial charge in [-0.15, -0.1) is 0 Å². The number of hydrogen-bond donors (Lipinski definition) is 0. The van der Waals surface area contributed by atoms with E-state index in [2.05, 4.69) is 95.4 Å². The van der Waals surface area contributed by atoms with E-state index < -0.39 is 0 Å². The number of anilines is 3. The minimum absolute atomic E-state index is 0.0513. The molecular weight excluding hydrogens is 590 g/mol. The number of fused-ring (bicyclic) bond motifs is 5. The Balaban J connectivity index is 1.10. The number of aromatic nitrogens is 2. The zero-order valence-corrected chi connectivity index (χ0v) is 26.1. The number of nitriles is 2. The first-order chi connectivity index (χ1) is 23.5. The van der Waals surface area contributed by atoms with Crippen molar-refractivity contribution in [1.82, 2.24) is 9.97 Å². The Morgan fingerprint density at radius 3 is 1.75 bits per heavy atom. The van der Waals surface area contributed by atoms with E-state index in [0.29, 0.717) is 11.4 Å². The lowest BCUT2D eigenvalue weighted by Crippen LogP contribution is -2.15. The van der Waals surface area contributed by atoms with Crippen molar-refractivity contribution in [2.75, 3.05) is 4.90 Å². The van der Waals surface area contributed by atoms with Crippen molar-refractivity contribution >= 4 is 27.8 Å². The number of ether oxygens (including phenoxy) is 1. The monoisotopic (exact) mass is 615 g/mol. The number of hydrogen-bond acceptors (Lipinski definition) is 6. The molecule has 0 saturated heterocycles. The van der Waals surface area contributed by atoms with Gasteiger partial charge in [-0.3, -0.25) is 0 Å². The molecule has 0 N–H and O–H groups in total. The maximum atomic E-state index is 9.57. The largest absolute Gasteiger partial charge is 0.453 e. The van der Waals surface area contributed by atoms with Crippen molar-refractivity contribution < 1.29 is 4.74 Å². The van der Waals surface area contributed by atoms with Gasteiger partial charge >= 0.3 is 0 Å². The van der Waals surface area contributed by atoms with Gasteiger partial charge in [-0.25, -0.2) is 9.97 Å². The molecule has 2 aliphatic rings.